The van der Waals surface area contributed by atoms with Gasteiger partial charge in [-0.1, -0.05) is 6.92 Å². The van der Waals surface area contributed by atoms with Gasteiger partial charge in [-0.25, -0.2) is 0 Å². The summed E-state index contributed by atoms with van der Waals surface area (Å²) in [5, 5.41) is 3.39. The minimum Gasteiger partial charge on any atom is -0.497 e. The molecule has 21 heavy (non-hydrogen) atoms. The summed E-state index contributed by atoms with van der Waals surface area (Å²) < 4.78 is 5.18. The van der Waals surface area contributed by atoms with E-state index in [-0.39, 0.29) is 0 Å². The zero-order valence-corrected chi connectivity index (χ0v) is 13.0. The van der Waals surface area contributed by atoms with E-state index in [1.807, 2.05) is 24.4 Å². The molecule has 0 amide bonds. The molecular formula is C17H23N3O. The molecule has 1 aromatic heterocycles. The third kappa shape index (κ3) is 4.38. The van der Waals surface area contributed by atoms with Gasteiger partial charge in [0.05, 0.1) is 19.3 Å². The van der Waals surface area contributed by atoms with E-state index < -0.39 is 0 Å². The average Bonchev–Trinajstić information content (AvgIpc) is 2.53. The molecule has 0 aliphatic heterocycles. The van der Waals surface area contributed by atoms with Crippen LogP contribution in [0, 0.1) is 0 Å². The number of benzene rings is 1. The maximum atomic E-state index is 5.18. The van der Waals surface area contributed by atoms with Gasteiger partial charge in [0.25, 0.3) is 0 Å². The summed E-state index contributed by atoms with van der Waals surface area (Å²) in [5.41, 5.74) is 3.32. The fraction of sp³-hybridized carbons (Fsp3) is 0.353. The highest BCUT2D eigenvalue weighted by Gasteiger charge is 2.04. The molecule has 112 valence electrons. The van der Waals surface area contributed by atoms with Crippen LogP contribution in [0.4, 0.5) is 11.4 Å². The third-order valence-corrected chi connectivity index (χ3v) is 3.31. The predicted molar refractivity (Wildman–Crippen MR) is 88.1 cm³/mol. The van der Waals surface area contributed by atoms with Gasteiger partial charge in [0.1, 0.15) is 5.75 Å². The lowest BCUT2D eigenvalue weighted by Gasteiger charge is -2.19. The van der Waals surface area contributed by atoms with Crippen molar-refractivity contribution in [2.24, 2.45) is 0 Å². The number of nitrogens with one attached hydrogen (secondary N) is 1. The standard InChI is InChI=1S/C17H23N3O/c1-4-10-18-14-9-11-19-15(12-14)13-20(2)16-5-7-17(21-3)8-6-16/h5-9,11-12H,4,10,13H2,1-3H3,(H,18,19). The number of ether oxygens (including phenoxy) is 1. The van der Waals surface area contributed by atoms with Crippen LogP contribution in [-0.4, -0.2) is 25.7 Å². The highest BCUT2D eigenvalue weighted by Crippen LogP contribution is 2.20. The maximum Gasteiger partial charge on any atom is 0.119 e. The second-order valence-corrected chi connectivity index (χ2v) is 5.02. The monoisotopic (exact) mass is 285 g/mol. The van der Waals surface area contributed by atoms with Gasteiger partial charge in [-0.15, -0.1) is 0 Å². The number of hydrogen-bond donors (Lipinski definition) is 1. The summed E-state index contributed by atoms with van der Waals surface area (Å²) in [6, 6.07) is 12.2. The summed E-state index contributed by atoms with van der Waals surface area (Å²) in [6.07, 6.45) is 2.97. The summed E-state index contributed by atoms with van der Waals surface area (Å²) >= 11 is 0. The van der Waals surface area contributed by atoms with Gasteiger partial charge in [-0.05, 0) is 42.8 Å². The van der Waals surface area contributed by atoms with Gasteiger partial charge in [-0.3, -0.25) is 4.98 Å². The summed E-state index contributed by atoms with van der Waals surface area (Å²) in [5.74, 6) is 0.871. The smallest absolute Gasteiger partial charge is 0.119 e. The van der Waals surface area contributed by atoms with Gasteiger partial charge in [0, 0.05) is 31.2 Å². The van der Waals surface area contributed by atoms with Crippen molar-refractivity contribution in [3.8, 4) is 5.75 Å². The molecule has 0 fully saturated rings. The van der Waals surface area contributed by atoms with Crippen molar-refractivity contribution in [1.82, 2.24) is 4.98 Å². The zero-order chi connectivity index (χ0) is 15.1. The molecular weight excluding hydrogens is 262 g/mol. The first-order valence-corrected chi connectivity index (χ1v) is 7.27. The molecule has 0 radical (unpaired) electrons. The Morgan fingerprint density at radius 1 is 1.19 bits per heavy atom. The van der Waals surface area contributed by atoms with E-state index in [1.165, 1.54) is 0 Å². The molecule has 0 saturated heterocycles. The molecule has 4 heteroatoms. The topological polar surface area (TPSA) is 37.4 Å². The third-order valence-electron chi connectivity index (χ3n) is 3.31. The van der Waals surface area contributed by atoms with Crippen molar-refractivity contribution in [3.05, 3.63) is 48.3 Å². The van der Waals surface area contributed by atoms with Gasteiger partial charge < -0.3 is 15.0 Å². The minimum absolute atomic E-state index is 0.772. The maximum absolute atomic E-state index is 5.18. The summed E-state index contributed by atoms with van der Waals surface area (Å²) in [4.78, 5) is 6.61. The Morgan fingerprint density at radius 2 is 1.95 bits per heavy atom. The fourth-order valence-electron chi connectivity index (χ4n) is 2.11. The minimum atomic E-state index is 0.772. The second-order valence-electron chi connectivity index (χ2n) is 5.02. The highest BCUT2D eigenvalue weighted by molar-refractivity contribution is 5.49. The molecule has 0 unspecified atom stereocenters. The van der Waals surface area contributed by atoms with Gasteiger partial charge >= 0.3 is 0 Å². The molecule has 0 atom stereocenters. The normalized spacial score (nSPS) is 10.2. The van der Waals surface area contributed by atoms with Crippen LogP contribution in [0.3, 0.4) is 0 Å². The van der Waals surface area contributed by atoms with Crippen LogP contribution in [0.5, 0.6) is 5.75 Å². The molecule has 0 spiro atoms. The quantitative estimate of drug-likeness (QED) is 0.844. The number of rotatable bonds is 7. The van der Waals surface area contributed by atoms with E-state index in [1.54, 1.807) is 7.11 Å². The Morgan fingerprint density at radius 3 is 2.62 bits per heavy atom. The van der Waals surface area contributed by atoms with E-state index in [9.17, 15) is 0 Å². The highest BCUT2D eigenvalue weighted by atomic mass is 16.5. The Balaban J connectivity index is 2.02. The van der Waals surface area contributed by atoms with Gasteiger partial charge in [-0.2, -0.15) is 0 Å². The SMILES string of the molecule is CCCNc1ccnc(CN(C)c2ccc(OC)cc2)c1. The van der Waals surface area contributed by atoms with Crippen molar-refractivity contribution in [2.75, 3.05) is 30.9 Å². The van der Waals surface area contributed by atoms with Crippen molar-refractivity contribution in [1.29, 1.82) is 0 Å². The largest absolute Gasteiger partial charge is 0.497 e. The average molecular weight is 285 g/mol. The molecule has 1 heterocycles. The fourth-order valence-corrected chi connectivity index (χ4v) is 2.11. The molecule has 4 nitrogen and oxygen atoms in total. The second kappa shape index (κ2) is 7.53. The van der Waals surface area contributed by atoms with Crippen LogP contribution in [0.25, 0.3) is 0 Å². The number of aromatic nitrogens is 1. The van der Waals surface area contributed by atoms with Crippen molar-refractivity contribution in [2.45, 2.75) is 19.9 Å². The van der Waals surface area contributed by atoms with Crippen LogP contribution in [0.1, 0.15) is 19.0 Å². The van der Waals surface area contributed by atoms with E-state index in [4.69, 9.17) is 4.74 Å². The molecule has 2 rings (SSSR count). The van der Waals surface area contributed by atoms with E-state index in [2.05, 4.69) is 47.4 Å². The first kappa shape index (κ1) is 15.2. The van der Waals surface area contributed by atoms with Crippen molar-refractivity contribution < 1.29 is 4.74 Å². The van der Waals surface area contributed by atoms with Crippen LogP contribution < -0.4 is 15.0 Å². The number of anilines is 2. The van der Waals surface area contributed by atoms with Crippen LogP contribution in [0.15, 0.2) is 42.6 Å². The Kier molecular flexibility index (Phi) is 5.43. The van der Waals surface area contributed by atoms with Crippen LogP contribution >= 0.6 is 0 Å². The number of nitrogens with zero attached hydrogens (tertiary/aromatic N) is 2. The number of methoxy groups -OCH3 is 1. The molecule has 0 saturated carbocycles. The lowest BCUT2D eigenvalue weighted by Crippen LogP contribution is -2.17. The zero-order valence-electron chi connectivity index (χ0n) is 13.0. The predicted octanol–water partition coefficient (Wildman–Crippen LogP) is 3.55. The van der Waals surface area contributed by atoms with Crippen molar-refractivity contribution in [3.63, 3.8) is 0 Å². The van der Waals surface area contributed by atoms with Gasteiger partial charge in [0.15, 0.2) is 0 Å². The molecule has 0 aliphatic rings. The Hall–Kier alpha value is -2.23. The first-order valence-electron chi connectivity index (χ1n) is 7.27. The molecule has 0 bridgehead atoms. The van der Waals surface area contributed by atoms with E-state index in [0.29, 0.717) is 0 Å². The Bertz CT molecular complexity index is 554. The van der Waals surface area contributed by atoms with E-state index >= 15 is 0 Å². The van der Waals surface area contributed by atoms with Crippen LogP contribution in [-0.2, 0) is 6.54 Å². The number of pyridine rings is 1. The lowest BCUT2D eigenvalue weighted by atomic mass is 10.2. The summed E-state index contributed by atoms with van der Waals surface area (Å²) in [7, 11) is 3.74. The molecule has 2 aromatic rings. The van der Waals surface area contributed by atoms with Crippen LogP contribution in [0.2, 0.25) is 0 Å². The lowest BCUT2D eigenvalue weighted by molar-refractivity contribution is 0.415. The summed E-state index contributed by atoms with van der Waals surface area (Å²) in [6.45, 7) is 3.91. The first-order chi connectivity index (χ1) is 10.2. The molecule has 0 aliphatic carbocycles. The Labute approximate surface area is 126 Å². The van der Waals surface area contributed by atoms with E-state index in [0.717, 1.165) is 42.3 Å². The van der Waals surface area contributed by atoms with Crippen molar-refractivity contribution >= 4 is 11.4 Å². The molecule has 1 aromatic carbocycles. The number of hydrogen-bond acceptors (Lipinski definition) is 4. The van der Waals surface area contributed by atoms with Gasteiger partial charge in [0.2, 0.25) is 0 Å². The molecule has 1 N–H and O–H groups in total.